The van der Waals surface area contributed by atoms with E-state index in [0.717, 1.165) is 17.1 Å². The quantitative estimate of drug-likeness (QED) is 0.695. The maximum atomic E-state index is 9.61. The van der Waals surface area contributed by atoms with Gasteiger partial charge in [0, 0.05) is 16.5 Å². The highest BCUT2D eigenvalue weighted by Crippen LogP contribution is 2.32. The monoisotopic (exact) mass is 200 g/mol. The Hall–Kier alpha value is -0.180. The van der Waals surface area contributed by atoms with Crippen LogP contribution in [0, 0.1) is 0 Å². The Morgan fingerprint density at radius 1 is 1.50 bits per heavy atom. The van der Waals surface area contributed by atoms with Crippen molar-refractivity contribution in [3.05, 3.63) is 34.3 Å². The molecule has 0 bridgehead atoms. The summed E-state index contributed by atoms with van der Waals surface area (Å²) in [5, 5.41) is 10.3. The zero-order valence-corrected chi connectivity index (χ0v) is 8.03. The van der Waals surface area contributed by atoms with E-state index in [0.29, 0.717) is 5.02 Å². The second kappa shape index (κ2) is 3.29. The normalized spacial score (nSPS) is 22.0. The molecule has 0 aliphatic carbocycles. The van der Waals surface area contributed by atoms with Gasteiger partial charge < -0.3 is 5.11 Å². The van der Waals surface area contributed by atoms with Crippen LogP contribution in [0.15, 0.2) is 18.2 Å². The average molecular weight is 201 g/mol. The van der Waals surface area contributed by atoms with Crippen molar-refractivity contribution in [2.75, 3.05) is 5.75 Å². The molecule has 3 heteroatoms. The molecule has 0 amide bonds. The number of aliphatic hydroxyl groups is 1. The van der Waals surface area contributed by atoms with E-state index in [-0.39, 0.29) is 6.10 Å². The number of benzene rings is 1. The van der Waals surface area contributed by atoms with Gasteiger partial charge in [0.15, 0.2) is 0 Å². The van der Waals surface area contributed by atoms with Gasteiger partial charge in [-0.2, -0.15) is 11.8 Å². The van der Waals surface area contributed by atoms with E-state index in [2.05, 4.69) is 0 Å². The van der Waals surface area contributed by atoms with Crippen LogP contribution in [0.3, 0.4) is 0 Å². The summed E-state index contributed by atoms with van der Waals surface area (Å²) in [5.41, 5.74) is 2.21. The van der Waals surface area contributed by atoms with E-state index in [1.165, 1.54) is 5.56 Å². The van der Waals surface area contributed by atoms with Gasteiger partial charge in [0.25, 0.3) is 0 Å². The number of hydrogen-bond donors (Lipinski definition) is 1. The molecular formula is C9H9ClOS. The van der Waals surface area contributed by atoms with Crippen LogP contribution in [0.1, 0.15) is 17.2 Å². The van der Waals surface area contributed by atoms with E-state index in [4.69, 9.17) is 11.6 Å². The largest absolute Gasteiger partial charge is 0.388 e. The van der Waals surface area contributed by atoms with Crippen LogP contribution in [0.25, 0.3) is 0 Å². The van der Waals surface area contributed by atoms with Gasteiger partial charge >= 0.3 is 0 Å². The fourth-order valence-corrected chi connectivity index (χ4v) is 2.56. The first kappa shape index (κ1) is 8.42. The number of aliphatic hydroxyl groups excluding tert-OH is 1. The molecule has 1 aromatic rings. The van der Waals surface area contributed by atoms with Crippen molar-refractivity contribution in [1.82, 2.24) is 0 Å². The highest BCUT2D eigenvalue weighted by Gasteiger charge is 2.17. The highest BCUT2D eigenvalue weighted by atomic mass is 35.5. The van der Waals surface area contributed by atoms with Gasteiger partial charge in [-0.15, -0.1) is 0 Å². The Balaban J connectivity index is 2.47. The summed E-state index contributed by atoms with van der Waals surface area (Å²) in [5.74, 6) is 1.77. The Bertz CT molecular complexity index is 301. The van der Waals surface area contributed by atoms with Crippen LogP contribution < -0.4 is 0 Å². The molecule has 12 heavy (non-hydrogen) atoms. The molecular weight excluding hydrogens is 192 g/mol. The highest BCUT2D eigenvalue weighted by molar-refractivity contribution is 7.98. The predicted molar refractivity (Wildman–Crippen MR) is 52.6 cm³/mol. The average Bonchev–Trinajstić information content (AvgIpc) is 2.07. The minimum Gasteiger partial charge on any atom is -0.388 e. The first-order chi connectivity index (χ1) is 5.77. The number of rotatable bonds is 0. The van der Waals surface area contributed by atoms with E-state index < -0.39 is 0 Å². The third kappa shape index (κ3) is 1.47. The zero-order chi connectivity index (χ0) is 8.55. The molecule has 2 rings (SSSR count). The van der Waals surface area contributed by atoms with Gasteiger partial charge in [-0.1, -0.05) is 17.7 Å². The third-order valence-electron chi connectivity index (χ3n) is 2.00. The van der Waals surface area contributed by atoms with Crippen molar-refractivity contribution in [1.29, 1.82) is 0 Å². The smallest absolute Gasteiger partial charge is 0.0884 e. The van der Waals surface area contributed by atoms with Crippen LogP contribution in [0.4, 0.5) is 0 Å². The van der Waals surface area contributed by atoms with Gasteiger partial charge in [-0.25, -0.2) is 0 Å². The molecule has 0 spiro atoms. The Kier molecular flexibility index (Phi) is 2.31. The Morgan fingerprint density at radius 2 is 2.33 bits per heavy atom. The summed E-state index contributed by atoms with van der Waals surface area (Å²) in [7, 11) is 0. The summed E-state index contributed by atoms with van der Waals surface area (Å²) in [4.78, 5) is 0. The molecule has 1 aromatic carbocycles. The lowest BCUT2D eigenvalue weighted by Gasteiger charge is -2.20. The van der Waals surface area contributed by atoms with Gasteiger partial charge in [0.1, 0.15) is 0 Å². The lowest BCUT2D eigenvalue weighted by Crippen LogP contribution is -2.09. The van der Waals surface area contributed by atoms with E-state index in [1.54, 1.807) is 11.8 Å². The molecule has 1 N–H and O–H groups in total. The Morgan fingerprint density at radius 3 is 3.17 bits per heavy atom. The van der Waals surface area contributed by atoms with Gasteiger partial charge in [0.2, 0.25) is 0 Å². The van der Waals surface area contributed by atoms with E-state index in [1.807, 2.05) is 18.2 Å². The maximum absolute atomic E-state index is 9.61. The van der Waals surface area contributed by atoms with Crippen molar-refractivity contribution >= 4 is 23.4 Å². The lowest BCUT2D eigenvalue weighted by atomic mass is 10.0. The molecule has 0 aromatic heterocycles. The topological polar surface area (TPSA) is 20.2 Å². The van der Waals surface area contributed by atoms with Gasteiger partial charge in [-0.3, -0.25) is 0 Å². The van der Waals surface area contributed by atoms with Crippen molar-refractivity contribution in [2.24, 2.45) is 0 Å². The lowest BCUT2D eigenvalue weighted by molar-refractivity contribution is 0.202. The van der Waals surface area contributed by atoms with Crippen LogP contribution >= 0.6 is 23.4 Å². The summed E-state index contributed by atoms with van der Waals surface area (Å²) in [6.07, 6.45) is -0.336. The third-order valence-corrected chi connectivity index (χ3v) is 3.30. The van der Waals surface area contributed by atoms with Crippen LogP contribution in [0.5, 0.6) is 0 Å². The van der Waals surface area contributed by atoms with Gasteiger partial charge in [-0.05, 0) is 23.3 Å². The summed E-state index contributed by atoms with van der Waals surface area (Å²) >= 11 is 7.58. The zero-order valence-electron chi connectivity index (χ0n) is 6.46. The SMILES string of the molecule is O[C@@H]1CSCc2ccc(Cl)cc21. The fraction of sp³-hybridized carbons (Fsp3) is 0.333. The van der Waals surface area contributed by atoms with Crippen molar-refractivity contribution in [2.45, 2.75) is 11.9 Å². The molecule has 64 valence electrons. The van der Waals surface area contributed by atoms with Crippen molar-refractivity contribution < 1.29 is 5.11 Å². The predicted octanol–water partition coefficient (Wildman–Crippen LogP) is 2.62. The molecule has 0 saturated carbocycles. The molecule has 0 unspecified atom stereocenters. The van der Waals surface area contributed by atoms with Crippen molar-refractivity contribution in [3.8, 4) is 0 Å². The number of fused-ring (bicyclic) bond motifs is 1. The standard InChI is InChI=1S/C9H9ClOS/c10-7-2-1-6-4-12-5-9(11)8(6)3-7/h1-3,9,11H,4-5H2/t9-/m1/s1. The number of halogens is 1. The maximum Gasteiger partial charge on any atom is 0.0884 e. The second-order valence-electron chi connectivity index (χ2n) is 2.87. The molecule has 0 saturated heterocycles. The summed E-state index contributed by atoms with van der Waals surface area (Å²) < 4.78 is 0. The number of hydrogen-bond acceptors (Lipinski definition) is 2. The molecule has 1 atom stereocenters. The number of thioether (sulfide) groups is 1. The molecule has 1 nitrogen and oxygen atoms in total. The van der Waals surface area contributed by atoms with Crippen LogP contribution in [-0.4, -0.2) is 10.9 Å². The van der Waals surface area contributed by atoms with Gasteiger partial charge in [0.05, 0.1) is 6.10 Å². The second-order valence-corrected chi connectivity index (χ2v) is 4.34. The van der Waals surface area contributed by atoms with E-state index >= 15 is 0 Å². The Labute approximate surface area is 80.7 Å². The van der Waals surface area contributed by atoms with Crippen molar-refractivity contribution in [3.63, 3.8) is 0 Å². The van der Waals surface area contributed by atoms with Crippen LogP contribution in [-0.2, 0) is 5.75 Å². The van der Waals surface area contributed by atoms with Crippen LogP contribution in [0.2, 0.25) is 5.02 Å². The molecule has 1 aliphatic heterocycles. The fourth-order valence-electron chi connectivity index (χ4n) is 1.38. The molecule has 1 heterocycles. The minimum atomic E-state index is -0.336. The molecule has 0 fully saturated rings. The minimum absolute atomic E-state index is 0.336. The van der Waals surface area contributed by atoms with E-state index in [9.17, 15) is 5.11 Å². The summed E-state index contributed by atoms with van der Waals surface area (Å²) in [6.45, 7) is 0. The molecule has 0 radical (unpaired) electrons. The summed E-state index contributed by atoms with van der Waals surface area (Å²) in [6, 6.07) is 5.73. The first-order valence-electron chi connectivity index (χ1n) is 3.81. The molecule has 1 aliphatic rings. The first-order valence-corrected chi connectivity index (χ1v) is 5.35.